The van der Waals surface area contributed by atoms with Gasteiger partial charge in [-0.2, -0.15) is 0 Å². The highest BCUT2D eigenvalue weighted by Gasteiger charge is 2.23. The van der Waals surface area contributed by atoms with E-state index in [2.05, 4.69) is 0 Å². The minimum Gasteiger partial charge on any atom is -0.481 e. The molecule has 22 heavy (non-hydrogen) atoms. The van der Waals surface area contributed by atoms with Crippen molar-refractivity contribution < 1.29 is 25.2 Å². The largest absolute Gasteiger partial charge is 0.481 e. The van der Waals surface area contributed by atoms with Crippen molar-refractivity contribution in [2.75, 3.05) is 0 Å². The number of carboxylic acids is 1. The molecule has 0 radical (unpaired) electrons. The number of rotatable bonds is 11. The average molecular weight is 316 g/mol. The first-order valence-electron chi connectivity index (χ1n) is 8.14. The maximum atomic E-state index is 10.7. The van der Waals surface area contributed by atoms with Crippen LogP contribution in [-0.2, 0) is 4.79 Å². The van der Waals surface area contributed by atoms with Crippen molar-refractivity contribution in [3.05, 3.63) is 12.2 Å². The van der Waals surface area contributed by atoms with Gasteiger partial charge in [-0.1, -0.05) is 39.3 Å². The van der Waals surface area contributed by atoms with Gasteiger partial charge in [0, 0.05) is 12.3 Å². The van der Waals surface area contributed by atoms with Crippen LogP contribution >= 0.6 is 0 Å². The number of hydrogen-bond donors (Lipinski definition) is 4. The van der Waals surface area contributed by atoms with Crippen LogP contribution in [0.15, 0.2) is 12.2 Å². The Morgan fingerprint density at radius 1 is 1.14 bits per heavy atom. The van der Waals surface area contributed by atoms with E-state index in [9.17, 15) is 20.1 Å². The van der Waals surface area contributed by atoms with Gasteiger partial charge in [0.1, 0.15) is 0 Å². The van der Waals surface area contributed by atoms with E-state index < -0.39 is 24.1 Å². The van der Waals surface area contributed by atoms with Crippen LogP contribution in [0.3, 0.4) is 0 Å². The van der Waals surface area contributed by atoms with Crippen molar-refractivity contribution in [1.29, 1.82) is 0 Å². The van der Waals surface area contributed by atoms with Gasteiger partial charge < -0.3 is 20.4 Å². The average Bonchev–Trinajstić information content (AvgIpc) is 2.48. The molecule has 0 aromatic rings. The zero-order chi connectivity index (χ0) is 17.3. The summed E-state index contributed by atoms with van der Waals surface area (Å²) >= 11 is 0. The van der Waals surface area contributed by atoms with Gasteiger partial charge in [0.05, 0.1) is 24.2 Å². The lowest BCUT2D eigenvalue weighted by atomic mass is 9.91. The van der Waals surface area contributed by atoms with Gasteiger partial charge in [-0.15, -0.1) is 0 Å². The minimum absolute atomic E-state index is 0.0599. The van der Waals surface area contributed by atoms with Crippen LogP contribution in [0.5, 0.6) is 0 Å². The van der Waals surface area contributed by atoms with Crippen molar-refractivity contribution in [2.45, 2.75) is 71.7 Å². The summed E-state index contributed by atoms with van der Waals surface area (Å²) in [5.74, 6) is -1.63. The Bertz CT molecular complexity index is 342. The molecule has 0 saturated carbocycles. The molecule has 4 N–H and O–H groups in total. The zero-order valence-corrected chi connectivity index (χ0v) is 14.1. The maximum Gasteiger partial charge on any atom is 0.308 e. The van der Waals surface area contributed by atoms with Crippen molar-refractivity contribution in [1.82, 2.24) is 0 Å². The number of carboxylic acid groups (broad SMARTS) is 1. The van der Waals surface area contributed by atoms with Gasteiger partial charge >= 0.3 is 5.97 Å². The van der Waals surface area contributed by atoms with Gasteiger partial charge in [0.25, 0.3) is 0 Å². The molecule has 0 aliphatic heterocycles. The zero-order valence-electron chi connectivity index (χ0n) is 14.1. The second-order valence-corrected chi connectivity index (χ2v) is 6.32. The number of aliphatic hydroxyl groups is 3. The molecule has 0 bridgehead atoms. The number of aliphatic hydroxyl groups excluding tert-OH is 3. The Morgan fingerprint density at radius 2 is 1.73 bits per heavy atom. The van der Waals surface area contributed by atoms with Crippen molar-refractivity contribution in [2.24, 2.45) is 17.8 Å². The number of allylic oxidation sites excluding steroid dienone is 1. The molecule has 5 nitrogen and oxygen atoms in total. The van der Waals surface area contributed by atoms with Crippen LogP contribution in [0.1, 0.15) is 53.4 Å². The van der Waals surface area contributed by atoms with Gasteiger partial charge in [-0.05, 0) is 25.7 Å². The highest BCUT2D eigenvalue weighted by atomic mass is 16.4. The predicted molar refractivity (Wildman–Crippen MR) is 86.4 cm³/mol. The molecule has 0 spiro atoms. The quantitative estimate of drug-likeness (QED) is 0.438. The summed E-state index contributed by atoms with van der Waals surface area (Å²) in [5, 5.41) is 38.3. The molecule has 0 amide bonds. The van der Waals surface area contributed by atoms with Crippen molar-refractivity contribution >= 4 is 5.97 Å². The first-order chi connectivity index (χ1) is 10.2. The minimum atomic E-state index is -1.06. The highest BCUT2D eigenvalue weighted by molar-refractivity contribution is 5.70. The lowest BCUT2D eigenvalue weighted by Gasteiger charge is -2.21. The number of carbonyl (C=O) groups is 1. The number of hydrogen-bond acceptors (Lipinski definition) is 4. The second-order valence-electron chi connectivity index (χ2n) is 6.32. The van der Waals surface area contributed by atoms with Crippen molar-refractivity contribution in [3.8, 4) is 0 Å². The molecule has 0 aromatic carbocycles. The van der Waals surface area contributed by atoms with E-state index in [1.807, 2.05) is 32.9 Å². The summed E-state index contributed by atoms with van der Waals surface area (Å²) in [6.07, 6.45) is 3.82. The summed E-state index contributed by atoms with van der Waals surface area (Å²) in [4.78, 5) is 10.7. The Labute approximate surface area is 133 Å². The molecule has 130 valence electrons. The Balaban J connectivity index is 4.08. The van der Waals surface area contributed by atoms with E-state index in [1.54, 1.807) is 0 Å². The molecule has 0 rings (SSSR count). The lowest BCUT2D eigenvalue weighted by Crippen LogP contribution is -2.29. The van der Waals surface area contributed by atoms with E-state index in [1.165, 1.54) is 6.92 Å². The summed E-state index contributed by atoms with van der Waals surface area (Å²) in [7, 11) is 0. The van der Waals surface area contributed by atoms with Crippen LogP contribution in [0.25, 0.3) is 0 Å². The monoisotopic (exact) mass is 316 g/mol. The van der Waals surface area contributed by atoms with Crippen LogP contribution < -0.4 is 0 Å². The Hall–Kier alpha value is -0.910. The van der Waals surface area contributed by atoms with Gasteiger partial charge in [-0.25, -0.2) is 0 Å². The standard InChI is InChI=1S/C17H32O5/c1-5-11(2)16(20)12(3)8-6-7-9-14(18)10-15(19)13(4)17(21)22/h6,8,11-16,18-20H,5,7,9-10H2,1-4H3,(H,21,22)/b8-6+/t11?,12?,13?,14-,15-,16?/m1/s1. The molecular weight excluding hydrogens is 284 g/mol. The van der Waals surface area contributed by atoms with Gasteiger partial charge in [0.15, 0.2) is 0 Å². The normalized spacial score (nSPS) is 20.3. The fraction of sp³-hybridized carbons (Fsp3) is 0.824. The summed E-state index contributed by atoms with van der Waals surface area (Å²) < 4.78 is 0. The third-order valence-electron chi connectivity index (χ3n) is 4.35. The Kier molecular flexibility index (Phi) is 10.3. The number of aliphatic carboxylic acids is 1. The van der Waals surface area contributed by atoms with E-state index in [0.717, 1.165) is 6.42 Å². The fourth-order valence-corrected chi connectivity index (χ4v) is 2.24. The van der Waals surface area contributed by atoms with E-state index in [0.29, 0.717) is 12.8 Å². The first-order valence-corrected chi connectivity index (χ1v) is 8.14. The predicted octanol–water partition coefficient (Wildman–Crippen LogP) is 2.20. The van der Waals surface area contributed by atoms with Gasteiger partial charge in [0.2, 0.25) is 0 Å². The van der Waals surface area contributed by atoms with E-state index in [-0.39, 0.29) is 24.4 Å². The molecular formula is C17H32O5. The molecule has 0 saturated heterocycles. The lowest BCUT2D eigenvalue weighted by molar-refractivity contribution is -0.145. The highest BCUT2D eigenvalue weighted by Crippen LogP contribution is 2.18. The molecule has 0 fully saturated rings. The second kappa shape index (κ2) is 10.8. The van der Waals surface area contributed by atoms with Crippen LogP contribution in [-0.4, -0.2) is 44.7 Å². The molecule has 6 atom stereocenters. The molecule has 5 heteroatoms. The molecule has 0 heterocycles. The van der Waals surface area contributed by atoms with Crippen LogP contribution in [0.2, 0.25) is 0 Å². The summed E-state index contributed by atoms with van der Waals surface area (Å²) in [5.41, 5.74) is 0. The smallest absolute Gasteiger partial charge is 0.308 e. The van der Waals surface area contributed by atoms with Crippen LogP contribution in [0.4, 0.5) is 0 Å². The Morgan fingerprint density at radius 3 is 2.23 bits per heavy atom. The van der Waals surface area contributed by atoms with E-state index in [4.69, 9.17) is 5.11 Å². The van der Waals surface area contributed by atoms with E-state index >= 15 is 0 Å². The SMILES string of the molecule is CCC(C)C(O)C(C)/C=C/CC[C@@H](O)C[C@@H](O)C(C)C(=O)O. The molecule has 0 aliphatic carbocycles. The molecule has 0 aliphatic rings. The maximum absolute atomic E-state index is 10.7. The molecule has 0 aromatic heterocycles. The van der Waals surface area contributed by atoms with Crippen molar-refractivity contribution in [3.63, 3.8) is 0 Å². The topological polar surface area (TPSA) is 98.0 Å². The molecule has 4 unspecified atom stereocenters. The summed E-state index contributed by atoms with van der Waals surface area (Å²) in [6.45, 7) is 7.45. The summed E-state index contributed by atoms with van der Waals surface area (Å²) in [6, 6.07) is 0. The third-order valence-corrected chi connectivity index (χ3v) is 4.35. The van der Waals surface area contributed by atoms with Crippen LogP contribution in [0, 0.1) is 17.8 Å². The first kappa shape index (κ1) is 21.1. The van der Waals surface area contributed by atoms with Gasteiger partial charge in [-0.3, -0.25) is 4.79 Å². The fourth-order valence-electron chi connectivity index (χ4n) is 2.24. The third kappa shape index (κ3) is 7.92.